The van der Waals surface area contributed by atoms with E-state index in [0.717, 1.165) is 10.8 Å². The second-order valence-corrected chi connectivity index (χ2v) is 6.03. The van der Waals surface area contributed by atoms with Gasteiger partial charge in [0.25, 0.3) is 5.56 Å². The second-order valence-electron chi connectivity index (χ2n) is 5.18. The third-order valence-electron chi connectivity index (χ3n) is 2.93. The van der Waals surface area contributed by atoms with Crippen LogP contribution in [0.25, 0.3) is 0 Å². The Morgan fingerprint density at radius 3 is 2.45 bits per heavy atom. The smallest absolute Gasteiger partial charge is 0.417 e. The molecule has 1 aromatic heterocycles. The Labute approximate surface area is 134 Å². The van der Waals surface area contributed by atoms with Gasteiger partial charge in [0.1, 0.15) is 6.04 Å². The molecule has 0 spiro atoms. The largest absolute Gasteiger partial charge is 0.464 e. The van der Waals surface area contributed by atoms with E-state index in [1.807, 2.05) is 13.8 Å². The minimum Gasteiger partial charge on any atom is -0.464 e. The number of hydrogen-bond donors (Lipinski definition) is 0. The average molecular weight is 384 g/mol. The Kier molecular flexibility index (Phi) is 6.22. The van der Waals surface area contributed by atoms with E-state index in [1.54, 1.807) is 6.92 Å². The van der Waals surface area contributed by atoms with E-state index in [0.29, 0.717) is 6.07 Å². The zero-order valence-corrected chi connectivity index (χ0v) is 14.0. The van der Waals surface area contributed by atoms with Gasteiger partial charge < -0.3 is 9.30 Å². The number of ether oxygens (including phenoxy) is 1. The highest BCUT2D eigenvalue weighted by molar-refractivity contribution is 9.10. The number of rotatable bonds is 5. The first-order chi connectivity index (χ1) is 10.1. The fourth-order valence-electron chi connectivity index (χ4n) is 1.99. The van der Waals surface area contributed by atoms with Crippen molar-refractivity contribution < 1.29 is 22.7 Å². The number of hydrogen-bond acceptors (Lipinski definition) is 3. The lowest BCUT2D eigenvalue weighted by molar-refractivity contribution is -0.147. The van der Waals surface area contributed by atoms with Crippen molar-refractivity contribution >= 4 is 21.9 Å². The van der Waals surface area contributed by atoms with Crippen LogP contribution in [0, 0.1) is 5.92 Å². The lowest BCUT2D eigenvalue weighted by atomic mass is 10.0. The molecule has 1 unspecified atom stereocenters. The van der Waals surface area contributed by atoms with Gasteiger partial charge in [-0.2, -0.15) is 13.2 Å². The number of nitrogens with zero attached hydrogens (tertiary/aromatic N) is 1. The predicted octanol–water partition coefficient (Wildman–Crippen LogP) is 3.78. The molecule has 1 aromatic rings. The molecule has 0 aliphatic carbocycles. The van der Waals surface area contributed by atoms with Crippen LogP contribution in [0.2, 0.25) is 0 Å². The van der Waals surface area contributed by atoms with Crippen LogP contribution < -0.4 is 5.56 Å². The van der Waals surface area contributed by atoms with E-state index in [9.17, 15) is 22.8 Å². The van der Waals surface area contributed by atoms with Gasteiger partial charge >= 0.3 is 12.1 Å². The number of alkyl halides is 3. The van der Waals surface area contributed by atoms with Gasteiger partial charge in [-0.3, -0.25) is 4.79 Å². The Balaban J connectivity index is 3.35. The molecule has 1 atom stereocenters. The first-order valence-electron chi connectivity index (χ1n) is 6.73. The molecule has 1 rings (SSSR count). The van der Waals surface area contributed by atoms with Crippen molar-refractivity contribution in [2.24, 2.45) is 5.92 Å². The number of aromatic nitrogens is 1. The molecule has 0 bridgehead atoms. The summed E-state index contributed by atoms with van der Waals surface area (Å²) >= 11 is 2.81. The van der Waals surface area contributed by atoms with Crippen LogP contribution in [0.1, 0.15) is 38.8 Å². The minimum atomic E-state index is -4.64. The van der Waals surface area contributed by atoms with Crippen LogP contribution in [0.5, 0.6) is 0 Å². The van der Waals surface area contributed by atoms with Crippen molar-refractivity contribution in [3.63, 3.8) is 0 Å². The van der Waals surface area contributed by atoms with Crippen molar-refractivity contribution in [2.45, 2.75) is 39.4 Å². The third-order valence-corrected chi connectivity index (χ3v) is 3.56. The van der Waals surface area contributed by atoms with Gasteiger partial charge in [0, 0.05) is 16.7 Å². The second kappa shape index (κ2) is 7.30. The zero-order chi connectivity index (χ0) is 17.1. The molecule has 0 saturated heterocycles. The number of esters is 1. The lowest BCUT2D eigenvalue weighted by Crippen LogP contribution is -2.32. The molecule has 0 radical (unpaired) electrons. The standard InChI is InChI=1S/C14H17BrF3NO3/c1-4-22-13(21)11(5-8(2)3)19-7-10(15)9(6-12(19)20)14(16,17)18/h6-8,11H,4-5H2,1-3H3. The molecule has 0 aromatic carbocycles. The summed E-state index contributed by atoms with van der Waals surface area (Å²) in [5.41, 5.74) is -1.96. The van der Waals surface area contributed by atoms with Crippen molar-refractivity contribution in [3.05, 3.63) is 32.7 Å². The maximum Gasteiger partial charge on any atom is 0.417 e. The van der Waals surface area contributed by atoms with Gasteiger partial charge in [0.15, 0.2) is 0 Å². The summed E-state index contributed by atoms with van der Waals surface area (Å²) in [5, 5.41) is 0. The number of pyridine rings is 1. The normalized spacial score (nSPS) is 13.3. The predicted molar refractivity (Wildman–Crippen MR) is 78.5 cm³/mol. The van der Waals surface area contributed by atoms with Gasteiger partial charge in [0.2, 0.25) is 0 Å². The van der Waals surface area contributed by atoms with E-state index in [2.05, 4.69) is 15.9 Å². The van der Waals surface area contributed by atoms with Crippen LogP contribution in [-0.2, 0) is 15.7 Å². The van der Waals surface area contributed by atoms with Crippen molar-refractivity contribution in [2.75, 3.05) is 6.61 Å². The maximum atomic E-state index is 12.8. The van der Waals surface area contributed by atoms with E-state index >= 15 is 0 Å². The number of carbonyl (C=O) groups is 1. The molecular formula is C14H17BrF3NO3. The first-order valence-corrected chi connectivity index (χ1v) is 7.52. The van der Waals surface area contributed by atoms with Crippen molar-refractivity contribution in [1.82, 2.24) is 4.57 Å². The van der Waals surface area contributed by atoms with E-state index in [4.69, 9.17) is 4.74 Å². The zero-order valence-electron chi connectivity index (χ0n) is 12.4. The molecule has 0 amide bonds. The van der Waals surface area contributed by atoms with Crippen LogP contribution in [-0.4, -0.2) is 17.1 Å². The molecule has 0 fully saturated rings. The summed E-state index contributed by atoms with van der Waals surface area (Å²) in [6.07, 6.45) is -3.36. The molecule has 0 aliphatic rings. The summed E-state index contributed by atoms with van der Waals surface area (Å²) in [7, 11) is 0. The SMILES string of the molecule is CCOC(=O)C(CC(C)C)n1cc(Br)c(C(F)(F)F)cc1=O. The maximum absolute atomic E-state index is 12.8. The van der Waals surface area contributed by atoms with Gasteiger partial charge in [0.05, 0.1) is 12.2 Å². The van der Waals surface area contributed by atoms with Gasteiger partial charge in [-0.05, 0) is 35.2 Å². The summed E-state index contributed by atoms with van der Waals surface area (Å²) < 4.78 is 43.9. The van der Waals surface area contributed by atoms with Crippen LogP contribution in [0.3, 0.4) is 0 Å². The lowest BCUT2D eigenvalue weighted by Gasteiger charge is -2.21. The minimum absolute atomic E-state index is 0.0578. The third kappa shape index (κ3) is 4.59. The molecule has 0 aliphatic heterocycles. The molecule has 0 saturated carbocycles. The highest BCUT2D eigenvalue weighted by Crippen LogP contribution is 2.34. The van der Waals surface area contributed by atoms with Gasteiger partial charge in [-0.15, -0.1) is 0 Å². The van der Waals surface area contributed by atoms with Crippen LogP contribution in [0.15, 0.2) is 21.5 Å². The van der Waals surface area contributed by atoms with E-state index in [-0.39, 0.29) is 23.4 Å². The number of halogens is 4. The summed E-state index contributed by atoms with van der Waals surface area (Å²) in [5.74, 6) is -0.577. The highest BCUT2D eigenvalue weighted by atomic mass is 79.9. The Bertz CT molecular complexity index is 596. The fourth-order valence-corrected chi connectivity index (χ4v) is 2.55. The summed E-state index contributed by atoms with van der Waals surface area (Å²) in [6, 6.07) is -0.470. The van der Waals surface area contributed by atoms with Gasteiger partial charge in [-0.1, -0.05) is 13.8 Å². The number of carbonyl (C=O) groups excluding carboxylic acids is 1. The van der Waals surface area contributed by atoms with Crippen molar-refractivity contribution in [1.29, 1.82) is 0 Å². The van der Waals surface area contributed by atoms with Gasteiger partial charge in [-0.25, -0.2) is 4.79 Å². The molecule has 124 valence electrons. The Morgan fingerprint density at radius 2 is 2.00 bits per heavy atom. The van der Waals surface area contributed by atoms with E-state index < -0.39 is 29.3 Å². The monoisotopic (exact) mass is 383 g/mol. The first kappa shape index (κ1) is 18.7. The van der Waals surface area contributed by atoms with Crippen LogP contribution in [0.4, 0.5) is 13.2 Å². The molecule has 22 heavy (non-hydrogen) atoms. The average Bonchev–Trinajstić information content (AvgIpc) is 2.37. The molecule has 1 heterocycles. The quantitative estimate of drug-likeness (QED) is 0.726. The Hall–Kier alpha value is -1.31. The summed E-state index contributed by atoms with van der Waals surface area (Å²) in [4.78, 5) is 24.0. The van der Waals surface area contributed by atoms with E-state index in [1.165, 1.54) is 0 Å². The molecule has 4 nitrogen and oxygen atoms in total. The van der Waals surface area contributed by atoms with Crippen LogP contribution >= 0.6 is 15.9 Å². The topological polar surface area (TPSA) is 48.3 Å². The van der Waals surface area contributed by atoms with Crippen molar-refractivity contribution in [3.8, 4) is 0 Å². The Morgan fingerprint density at radius 1 is 1.41 bits per heavy atom. The summed E-state index contributed by atoms with van der Waals surface area (Å²) in [6.45, 7) is 5.44. The molecule has 8 heteroatoms. The fraction of sp³-hybridized carbons (Fsp3) is 0.571. The molecular weight excluding hydrogens is 367 g/mol. The molecule has 0 N–H and O–H groups in total. The highest BCUT2D eigenvalue weighted by Gasteiger charge is 2.35.